The number of hydrogen-bond acceptors (Lipinski definition) is 5. The van der Waals surface area contributed by atoms with E-state index in [0.29, 0.717) is 42.0 Å². The molecule has 0 fully saturated rings. The molecule has 0 amide bonds. The fourth-order valence-electron chi connectivity index (χ4n) is 3.67. The molecule has 7 heteroatoms. The molecule has 174 valence electrons. The van der Waals surface area contributed by atoms with Gasteiger partial charge in [0.2, 0.25) is 0 Å². The summed E-state index contributed by atoms with van der Waals surface area (Å²) in [6.07, 6.45) is 0.211. The van der Waals surface area contributed by atoms with Gasteiger partial charge in [0.1, 0.15) is 17.4 Å². The zero-order chi connectivity index (χ0) is 24.0. The number of carbonyl (C=O) groups excluding carboxylic acids is 1. The maximum absolute atomic E-state index is 13.7. The Bertz CT molecular complexity index is 1190. The Balaban J connectivity index is 2.11. The summed E-state index contributed by atoms with van der Waals surface area (Å²) >= 11 is 0. The van der Waals surface area contributed by atoms with Gasteiger partial charge in [0.05, 0.1) is 12.2 Å². The first kappa shape index (κ1) is 24.2. The molecule has 1 aromatic heterocycles. The Morgan fingerprint density at radius 2 is 1.91 bits per heavy atom. The highest BCUT2D eigenvalue weighted by Crippen LogP contribution is 2.29. The van der Waals surface area contributed by atoms with Crippen LogP contribution in [0.3, 0.4) is 0 Å². The van der Waals surface area contributed by atoms with Crippen LogP contribution < -0.4 is 10.3 Å². The molecule has 0 bridgehead atoms. The van der Waals surface area contributed by atoms with Crippen LogP contribution >= 0.6 is 0 Å². The van der Waals surface area contributed by atoms with Crippen molar-refractivity contribution < 1.29 is 18.7 Å². The van der Waals surface area contributed by atoms with Crippen molar-refractivity contribution in [1.82, 2.24) is 9.55 Å². The van der Waals surface area contributed by atoms with E-state index in [4.69, 9.17) is 14.5 Å². The average molecular weight is 453 g/mol. The standard InChI is InChI=1S/C26H29FN2O4/c1-5-32-26(31)33-23-12-7-6-11-21(23)24-28-18(4)22(15-17(2)3)25(30)29(24)14-13-19-9-8-10-20(27)16-19/h6-12,16-17H,5,13-15H2,1-4H3. The Morgan fingerprint density at radius 1 is 1.15 bits per heavy atom. The summed E-state index contributed by atoms with van der Waals surface area (Å²) in [4.78, 5) is 30.3. The molecule has 0 aliphatic heterocycles. The Morgan fingerprint density at radius 3 is 2.61 bits per heavy atom. The molecule has 3 aromatic rings. The summed E-state index contributed by atoms with van der Waals surface area (Å²) in [5.41, 5.74) is 2.41. The van der Waals surface area contributed by atoms with Gasteiger partial charge in [0, 0.05) is 17.8 Å². The first-order valence-electron chi connectivity index (χ1n) is 11.1. The molecule has 3 rings (SSSR count). The number of aryl methyl sites for hydroxylation is 2. The zero-order valence-corrected chi connectivity index (χ0v) is 19.4. The summed E-state index contributed by atoms with van der Waals surface area (Å²) in [5, 5.41) is 0. The number of carbonyl (C=O) groups is 1. The minimum atomic E-state index is -0.827. The highest BCUT2D eigenvalue weighted by Gasteiger charge is 2.20. The summed E-state index contributed by atoms with van der Waals surface area (Å²) in [6, 6.07) is 13.2. The van der Waals surface area contributed by atoms with E-state index < -0.39 is 6.16 Å². The summed E-state index contributed by atoms with van der Waals surface area (Å²) < 4.78 is 25.5. The largest absolute Gasteiger partial charge is 0.513 e. The van der Waals surface area contributed by atoms with Crippen LogP contribution in [0.15, 0.2) is 53.3 Å². The molecule has 0 atom stereocenters. The Hall–Kier alpha value is -3.48. The maximum Gasteiger partial charge on any atom is 0.513 e. The summed E-state index contributed by atoms with van der Waals surface area (Å²) in [6.45, 7) is 8.08. The minimum absolute atomic E-state index is 0.145. The lowest BCUT2D eigenvalue weighted by molar-refractivity contribution is 0.104. The van der Waals surface area contributed by atoms with Crippen LogP contribution in [-0.4, -0.2) is 22.3 Å². The summed E-state index contributed by atoms with van der Waals surface area (Å²) in [5.74, 6) is 0.593. The second-order valence-electron chi connectivity index (χ2n) is 8.22. The predicted molar refractivity (Wildman–Crippen MR) is 125 cm³/mol. The van der Waals surface area contributed by atoms with Crippen LogP contribution in [0.25, 0.3) is 11.4 Å². The quantitative estimate of drug-likeness (QED) is 0.341. The molecular formula is C26H29FN2O4. The van der Waals surface area contributed by atoms with E-state index in [1.165, 1.54) is 12.1 Å². The third kappa shape index (κ3) is 6.06. The van der Waals surface area contributed by atoms with Crippen LogP contribution in [0.5, 0.6) is 5.75 Å². The van der Waals surface area contributed by atoms with E-state index in [1.807, 2.05) is 26.8 Å². The molecule has 33 heavy (non-hydrogen) atoms. The van der Waals surface area contributed by atoms with Crippen molar-refractivity contribution >= 4 is 6.16 Å². The predicted octanol–water partition coefficient (Wildman–Crippen LogP) is 5.33. The Labute approximate surface area is 193 Å². The summed E-state index contributed by atoms with van der Waals surface area (Å²) in [7, 11) is 0. The number of benzene rings is 2. The second kappa shape index (κ2) is 10.9. The van der Waals surface area contributed by atoms with Gasteiger partial charge >= 0.3 is 6.16 Å². The first-order valence-corrected chi connectivity index (χ1v) is 11.1. The molecular weight excluding hydrogens is 423 g/mol. The molecule has 1 heterocycles. The smallest absolute Gasteiger partial charge is 0.434 e. The number of rotatable bonds is 8. The van der Waals surface area contributed by atoms with Crippen molar-refractivity contribution in [3.05, 3.63) is 81.5 Å². The van der Waals surface area contributed by atoms with E-state index >= 15 is 0 Å². The lowest BCUT2D eigenvalue weighted by Crippen LogP contribution is -2.29. The fraction of sp³-hybridized carbons (Fsp3) is 0.346. The van der Waals surface area contributed by atoms with Gasteiger partial charge in [0.15, 0.2) is 0 Å². The number of para-hydroxylation sites is 1. The van der Waals surface area contributed by atoms with Crippen LogP contribution in [0.4, 0.5) is 9.18 Å². The van der Waals surface area contributed by atoms with Gasteiger partial charge in [-0.3, -0.25) is 9.36 Å². The lowest BCUT2D eigenvalue weighted by Gasteiger charge is -2.18. The molecule has 0 N–H and O–H groups in total. The third-order valence-corrected chi connectivity index (χ3v) is 5.18. The zero-order valence-electron chi connectivity index (χ0n) is 19.4. The van der Waals surface area contributed by atoms with E-state index in [-0.39, 0.29) is 29.7 Å². The van der Waals surface area contributed by atoms with Gasteiger partial charge in [-0.25, -0.2) is 14.2 Å². The Kier molecular flexibility index (Phi) is 7.98. The van der Waals surface area contributed by atoms with Crippen molar-refractivity contribution in [3.63, 3.8) is 0 Å². The van der Waals surface area contributed by atoms with Gasteiger partial charge in [0.25, 0.3) is 5.56 Å². The maximum atomic E-state index is 13.7. The first-order chi connectivity index (χ1) is 15.8. The lowest BCUT2D eigenvalue weighted by atomic mass is 10.0. The average Bonchev–Trinajstić information content (AvgIpc) is 2.76. The molecule has 0 saturated heterocycles. The number of nitrogens with zero attached hydrogens (tertiary/aromatic N) is 2. The van der Waals surface area contributed by atoms with Crippen LogP contribution in [-0.2, 0) is 24.1 Å². The van der Waals surface area contributed by atoms with E-state index in [0.717, 1.165) is 5.56 Å². The molecule has 6 nitrogen and oxygen atoms in total. The van der Waals surface area contributed by atoms with E-state index in [2.05, 4.69) is 0 Å². The normalized spacial score (nSPS) is 11.0. The number of ether oxygens (including phenoxy) is 2. The van der Waals surface area contributed by atoms with Crippen LogP contribution in [0, 0.1) is 18.7 Å². The van der Waals surface area contributed by atoms with Gasteiger partial charge in [-0.05, 0) is 62.4 Å². The van der Waals surface area contributed by atoms with Gasteiger partial charge in [-0.15, -0.1) is 0 Å². The van der Waals surface area contributed by atoms with Crippen molar-refractivity contribution in [2.75, 3.05) is 6.61 Å². The molecule has 2 aromatic carbocycles. The molecule has 0 aliphatic rings. The fourth-order valence-corrected chi connectivity index (χ4v) is 3.67. The number of halogens is 1. The third-order valence-electron chi connectivity index (χ3n) is 5.18. The van der Waals surface area contributed by atoms with Crippen molar-refractivity contribution in [3.8, 4) is 17.1 Å². The van der Waals surface area contributed by atoms with E-state index in [9.17, 15) is 14.0 Å². The monoisotopic (exact) mass is 452 g/mol. The molecule has 0 spiro atoms. The second-order valence-corrected chi connectivity index (χ2v) is 8.22. The minimum Gasteiger partial charge on any atom is -0.434 e. The number of hydrogen-bond donors (Lipinski definition) is 0. The van der Waals surface area contributed by atoms with Crippen molar-refractivity contribution in [1.29, 1.82) is 0 Å². The molecule has 0 unspecified atom stereocenters. The number of aromatic nitrogens is 2. The molecule has 0 aliphatic carbocycles. The van der Waals surface area contributed by atoms with Crippen LogP contribution in [0.1, 0.15) is 37.6 Å². The highest BCUT2D eigenvalue weighted by atomic mass is 19.1. The highest BCUT2D eigenvalue weighted by molar-refractivity contribution is 5.71. The van der Waals surface area contributed by atoms with Gasteiger partial charge in [-0.2, -0.15) is 0 Å². The van der Waals surface area contributed by atoms with Gasteiger partial charge in [-0.1, -0.05) is 38.1 Å². The van der Waals surface area contributed by atoms with Crippen molar-refractivity contribution in [2.45, 2.75) is 47.1 Å². The molecule has 0 radical (unpaired) electrons. The SMILES string of the molecule is CCOC(=O)Oc1ccccc1-c1nc(C)c(CC(C)C)c(=O)n1CCc1cccc(F)c1. The van der Waals surface area contributed by atoms with E-state index in [1.54, 1.807) is 41.8 Å². The van der Waals surface area contributed by atoms with Gasteiger partial charge < -0.3 is 9.47 Å². The van der Waals surface area contributed by atoms with Crippen LogP contribution in [0.2, 0.25) is 0 Å². The topological polar surface area (TPSA) is 70.4 Å². The van der Waals surface area contributed by atoms with Crippen molar-refractivity contribution in [2.24, 2.45) is 5.92 Å². The molecule has 0 saturated carbocycles.